The number of hydrogen-bond donors (Lipinski definition) is 1. The minimum absolute atomic E-state index is 0.156. The Morgan fingerprint density at radius 1 is 1.21 bits per heavy atom. The second-order valence-corrected chi connectivity index (χ2v) is 9.22. The van der Waals surface area contributed by atoms with Crippen molar-refractivity contribution >= 4 is 54.7 Å². The van der Waals surface area contributed by atoms with Crippen molar-refractivity contribution in [3.63, 3.8) is 0 Å². The van der Waals surface area contributed by atoms with E-state index in [9.17, 15) is 13.2 Å². The fourth-order valence-electron chi connectivity index (χ4n) is 3.50. The maximum Gasteiger partial charge on any atom is 0.347 e. The largest absolute Gasteiger partial charge is 0.347 e. The predicted octanol–water partition coefficient (Wildman–Crippen LogP) is 2.24. The normalized spacial score (nSPS) is 15.4. The van der Waals surface area contributed by atoms with Crippen LogP contribution in [0.25, 0.3) is 21.7 Å². The molecule has 3 aromatic heterocycles. The summed E-state index contributed by atoms with van der Waals surface area (Å²) in [6, 6.07) is 6.84. The minimum atomic E-state index is -4.28. The van der Waals surface area contributed by atoms with Crippen molar-refractivity contribution in [3.05, 3.63) is 57.6 Å². The SMILES string of the molecule is O=c1n(C2=CCNCC2)c2ccccc2n1S(=O)(=O)c1c(Cl)nc2sccn12. The highest BCUT2D eigenvalue weighted by atomic mass is 35.5. The van der Waals surface area contributed by atoms with Gasteiger partial charge in [0.05, 0.1) is 11.0 Å². The summed E-state index contributed by atoms with van der Waals surface area (Å²) in [5.74, 6) is 0. The first-order valence-electron chi connectivity index (χ1n) is 8.49. The maximum absolute atomic E-state index is 13.5. The van der Waals surface area contributed by atoms with E-state index in [4.69, 9.17) is 11.6 Å². The number of hydrogen-bond acceptors (Lipinski definition) is 6. The first kappa shape index (κ1) is 17.7. The van der Waals surface area contributed by atoms with E-state index in [1.54, 1.807) is 35.8 Å². The van der Waals surface area contributed by atoms with Gasteiger partial charge < -0.3 is 5.32 Å². The van der Waals surface area contributed by atoms with E-state index in [1.807, 2.05) is 6.08 Å². The van der Waals surface area contributed by atoms with Crippen molar-refractivity contribution in [2.75, 3.05) is 13.1 Å². The van der Waals surface area contributed by atoms with Crippen LogP contribution in [0.5, 0.6) is 0 Å². The zero-order valence-electron chi connectivity index (χ0n) is 14.4. The van der Waals surface area contributed by atoms with Crippen molar-refractivity contribution in [3.8, 4) is 0 Å². The summed E-state index contributed by atoms with van der Waals surface area (Å²) in [5.41, 5.74) is 0.962. The van der Waals surface area contributed by atoms with E-state index in [0.29, 0.717) is 35.5 Å². The van der Waals surface area contributed by atoms with Crippen molar-refractivity contribution in [1.29, 1.82) is 0 Å². The molecule has 1 aliphatic rings. The number of thiazole rings is 1. The zero-order chi connectivity index (χ0) is 19.5. The molecule has 0 fully saturated rings. The van der Waals surface area contributed by atoms with E-state index in [-0.39, 0.29) is 10.2 Å². The Bertz CT molecular complexity index is 1420. The van der Waals surface area contributed by atoms with Gasteiger partial charge in [0.2, 0.25) is 5.03 Å². The van der Waals surface area contributed by atoms with E-state index in [1.165, 1.54) is 20.3 Å². The molecule has 1 aromatic carbocycles. The molecule has 4 aromatic rings. The van der Waals surface area contributed by atoms with Crippen LogP contribution in [-0.4, -0.2) is 39.4 Å². The van der Waals surface area contributed by atoms with Crippen LogP contribution in [0.4, 0.5) is 0 Å². The van der Waals surface area contributed by atoms with Gasteiger partial charge in [-0.1, -0.05) is 29.8 Å². The molecule has 0 aliphatic carbocycles. The number of halogens is 1. The number of nitrogens with one attached hydrogen (secondary N) is 1. The number of nitrogens with zero attached hydrogens (tertiary/aromatic N) is 4. The van der Waals surface area contributed by atoms with E-state index in [0.717, 1.165) is 9.67 Å². The molecule has 0 saturated heterocycles. The second-order valence-electron chi connectivity index (χ2n) is 6.29. The summed E-state index contributed by atoms with van der Waals surface area (Å²) in [5, 5.41) is 4.53. The number of aromatic nitrogens is 4. The molecule has 0 bridgehead atoms. The van der Waals surface area contributed by atoms with Crippen LogP contribution in [0.1, 0.15) is 6.42 Å². The Balaban J connectivity index is 1.86. The standard InChI is InChI=1S/C17H14ClN5O3S2/c18-14-15(21-9-10-27-16(21)20-14)28(25,26)23-13-4-2-1-3-12(13)22(17(23)24)11-5-7-19-8-6-11/h1-5,9-10,19H,6-8H2. The molecule has 5 rings (SSSR count). The van der Waals surface area contributed by atoms with Gasteiger partial charge in [-0.2, -0.15) is 12.4 Å². The lowest BCUT2D eigenvalue weighted by molar-refractivity contribution is 0.581. The molecule has 28 heavy (non-hydrogen) atoms. The number of benzene rings is 1. The lowest BCUT2D eigenvalue weighted by Gasteiger charge is -2.14. The van der Waals surface area contributed by atoms with Gasteiger partial charge in [-0.3, -0.25) is 8.97 Å². The van der Waals surface area contributed by atoms with Crippen LogP contribution >= 0.6 is 22.9 Å². The van der Waals surface area contributed by atoms with Gasteiger partial charge in [0.1, 0.15) is 0 Å². The summed E-state index contributed by atoms with van der Waals surface area (Å²) >= 11 is 7.42. The monoisotopic (exact) mass is 435 g/mol. The molecule has 1 aliphatic heterocycles. The molecular formula is C17H14ClN5O3S2. The van der Waals surface area contributed by atoms with Crippen molar-refractivity contribution < 1.29 is 8.42 Å². The van der Waals surface area contributed by atoms with Crippen LogP contribution in [0.2, 0.25) is 5.15 Å². The summed E-state index contributed by atoms with van der Waals surface area (Å²) in [7, 11) is -4.28. The highest BCUT2D eigenvalue weighted by molar-refractivity contribution is 7.90. The first-order chi connectivity index (χ1) is 13.5. The molecule has 144 valence electrons. The Labute approximate surface area is 168 Å². The summed E-state index contributed by atoms with van der Waals surface area (Å²) in [6.07, 6.45) is 4.10. The van der Waals surface area contributed by atoms with Gasteiger partial charge in [-0.05, 0) is 12.1 Å². The third-order valence-corrected chi connectivity index (χ3v) is 7.54. The lowest BCUT2D eigenvalue weighted by Crippen LogP contribution is -2.32. The molecule has 1 N–H and O–H groups in total. The Kier molecular flexibility index (Phi) is 3.98. The molecule has 8 nitrogen and oxygen atoms in total. The predicted molar refractivity (Wildman–Crippen MR) is 109 cm³/mol. The molecule has 0 spiro atoms. The topological polar surface area (TPSA) is 90.4 Å². The fraction of sp³-hybridized carbons (Fsp3) is 0.176. The minimum Gasteiger partial charge on any atom is -0.313 e. The average molecular weight is 436 g/mol. The fourth-order valence-corrected chi connectivity index (χ4v) is 6.31. The first-order valence-corrected chi connectivity index (χ1v) is 11.2. The number of imidazole rings is 2. The third-order valence-electron chi connectivity index (χ3n) is 4.70. The quantitative estimate of drug-likeness (QED) is 0.533. The van der Waals surface area contributed by atoms with E-state index < -0.39 is 15.7 Å². The zero-order valence-corrected chi connectivity index (χ0v) is 16.8. The summed E-state index contributed by atoms with van der Waals surface area (Å²) in [6.45, 7) is 1.34. The number of rotatable bonds is 3. The summed E-state index contributed by atoms with van der Waals surface area (Å²) in [4.78, 5) is 17.9. The molecular weight excluding hydrogens is 422 g/mol. The van der Waals surface area contributed by atoms with Crippen molar-refractivity contribution in [2.24, 2.45) is 0 Å². The third kappa shape index (κ3) is 2.42. The number of fused-ring (bicyclic) bond motifs is 2. The van der Waals surface area contributed by atoms with Gasteiger partial charge in [-0.15, -0.1) is 11.3 Å². The molecule has 11 heteroatoms. The molecule has 0 atom stereocenters. The van der Waals surface area contributed by atoms with Gasteiger partial charge in [-0.25, -0.2) is 9.78 Å². The molecule has 4 heterocycles. The molecule has 0 saturated carbocycles. The van der Waals surface area contributed by atoms with Crippen LogP contribution < -0.4 is 11.0 Å². The van der Waals surface area contributed by atoms with Gasteiger partial charge in [0.25, 0.3) is 10.0 Å². The summed E-state index contributed by atoms with van der Waals surface area (Å²) < 4.78 is 30.7. The van der Waals surface area contributed by atoms with Gasteiger partial charge in [0, 0.05) is 36.8 Å². The maximum atomic E-state index is 13.5. The van der Waals surface area contributed by atoms with E-state index in [2.05, 4.69) is 10.3 Å². The molecule has 0 unspecified atom stereocenters. The van der Waals surface area contributed by atoms with Crippen LogP contribution in [-0.2, 0) is 10.0 Å². The van der Waals surface area contributed by atoms with Crippen LogP contribution in [0.15, 0.2) is 51.7 Å². The average Bonchev–Trinajstić information content (AvgIpc) is 3.32. The smallest absolute Gasteiger partial charge is 0.313 e. The number of para-hydroxylation sites is 2. The van der Waals surface area contributed by atoms with Crippen LogP contribution in [0.3, 0.4) is 0 Å². The second kappa shape index (κ2) is 6.31. The highest BCUT2D eigenvalue weighted by Crippen LogP contribution is 2.29. The van der Waals surface area contributed by atoms with Crippen molar-refractivity contribution in [1.82, 2.24) is 23.2 Å². The Hall–Kier alpha value is -2.40. The van der Waals surface area contributed by atoms with Gasteiger partial charge in [0.15, 0.2) is 10.1 Å². The lowest BCUT2D eigenvalue weighted by atomic mass is 10.2. The van der Waals surface area contributed by atoms with E-state index >= 15 is 0 Å². The van der Waals surface area contributed by atoms with Gasteiger partial charge >= 0.3 is 5.69 Å². The van der Waals surface area contributed by atoms with Crippen LogP contribution in [0, 0.1) is 0 Å². The highest BCUT2D eigenvalue weighted by Gasteiger charge is 2.32. The molecule has 0 amide bonds. The van der Waals surface area contributed by atoms with Crippen molar-refractivity contribution in [2.45, 2.75) is 11.4 Å². The molecule has 0 radical (unpaired) electrons. The Morgan fingerprint density at radius 3 is 2.75 bits per heavy atom. The Morgan fingerprint density at radius 2 is 2.00 bits per heavy atom.